The maximum Gasteiger partial charge on any atom is 0.243 e. The molecule has 0 bridgehead atoms. The first kappa shape index (κ1) is 16.4. The quantitative estimate of drug-likeness (QED) is 0.528. The van der Waals surface area contributed by atoms with Crippen molar-refractivity contribution >= 4 is 12.0 Å². The number of benzene rings is 1. The van der Waals surface area contributed by atoms with Gasteiger partial charge in [-0.1, -0.05) is 51.2 Å². The lowest BCUT2D eigenvalue weighted by atomic mass is 10.1. The predicted octanol–water partition coefficient (Wildman–Crippen LogP) is 4.32. The van der Waals surface area contributed by atoms with E-state index in [0.29, 0.717) is 0 Å². The Morgan fingerprint density at radius 3 is 2.45 bits per heavy atom. The average molecular weight is 277 g/mol. The third-order valence-electron chi connectivity index (χ3n) is 3.13. The van der Waals surface area contributed by atoms with Crippen LogP contribution in [0.3, 0.4) is 0 Å². The molecule has 1 amide bonds. The van der Waals surface area contributed by atoms with Crippen molar-refractivity contribution in [2.24, 2.45) is 0 Å². The zero-order chi connectivity index (χ0) is 14.6. The third-order valence-corrected chi connectivity index (χ3v) is 3.13. The minimum absolute atomic E-state index is 0.0946. The Balaban J connectivity index is 2.12. The molecule has 0 unspecified atom stereocenters. The van der Waals surface area contributed by atoms with E-state index in [4.69, 9.17) is 0 Å². The lowest BCUT2D eigenvalue weighted by Gasteiger charge is -2.02. The Morgan fingerprint density at radius 1 is 1.10 bits per heavy atom. The maximum atomic E-state index is 12.7. The van der Waals surface area contributed by atoms with Crippen molar-refractivity contribution in [3.63, 3.8) is 0 Å². The van der Waals surface area contributed by atoms with Crippen molar-refractivity contribution in [3.05, 3.63) is 41.7 Å². The van der Waals surface area contributed by atoms with Crippen LogP contribution in [-0.4, -0.2) is 12.5 Å². The van der Waals surface area contributed by atoms with E-state index in [1.54, 1.807) is 18.2 Å². The van der Waals surface area contributed by atoms with Gasteiger partial charge in [0.15, 0.2) is 0 Å². The predicted molar refractivity (Wildman–Crippen MR) is 81.8 cm³/mol. The maximum absolute atomic E-state index is 12.7. The highest BCUT2D eigenvalue weighted by atomic mass is 19.1. The Kier molecular flexibility index (Phi) is 8.36. The Bertz CT molecular complexity index is 412. The van der Waals surface area contributed by atoms with Crippen LogP contribution in [0.5, 0.6) is 0 Å². The number of halogens is 1. The van der Waals surface area contributed by atoms with E-state index < -0.39 is 0 Å². The van der Waals surface area contributed by atoms with Crippen LogP contribution < -0.4 is 5.32 Å². The topological polar surface area (TPSA) is 29.1 Å². The molecule has 0 saturated heterocycles. The first-order valence-corrected chi connectivity index (χ1v) is 7.44. The van der Waals surface area contributed by atoms with Crippen molar-refractivity contribution in [3.8, 4) is 0 Å². The molecule has 1 aromatic carbocycles. The fraction of sp³-hybridized carbons (Fsp3) is 0.471. The van der Waals surface area contributed by atoms with E-state index in [1.165, 1.54) is 50.3 Å². The fourth-order valence-corrected chi connectivity index (χ4v) is 1.92. The van der Waals surface area contributed by atoms with E-state index in [1.807, 2.05) is 0 Å². The molecule has 2 nitrogen and oxygen atoms in total. The molecule has 0 aliphatic carbocycles. The highest BCUT2D eigenvalue weighted by molar-refractivity contribution is 5.91. The first-order chi connectivity index (χ1) is 9.72. The molecule has 1 N–H and O–H groups in total. The van der Waals surface area contributed by atoms with Crippen LogP contribution in [0.4, 0.5) is 4.39 Å². The van der Waals surface area contributed by atoms with Gasteiger partial charge in [0.2, 0.25) is 5.91 Å². The normalized spacial score (nSPS) is 10.9. The standard InChI is InChI=1S/C17H24FNO/c1-2-3-4-5-6-7-14-19-17(20)13-10-15-8-11-16(18)12-9-15/h8-13H,2-7,14H2,1H3,(H,19,20). The van der Waals surface area contributed by atoms with Crippen molar-refractivity contribution < 1.29 is 9.18 Å². The van der Waals surface area contributed by atoms with Crippen LogP contribution in [0.25, 0.3) is 6.08 Å². The third kappa shape index (κ3) is 7.72. The number of amides is 1. The molecule has 0 aromatic heterocycles. The van der Waals surface area contributed by atoms with Crippen LogP contribution in [0, 0.1) is 5.82 Å². The number of rotatable bonds is 9. The molecule has 0 heterocycles. The van der Waals surface area contributed by atoms with E-state index in [2.05, 4.69) is 12.2 Å². The van der Waals surface area contributed by atoms with Gasteiger partial charge >= 0.3 is 0 Å². The van der Waals surface area contributed by atoms with Crippen LogP contribution in [-0.2, 0) is 4.79 Å². The summed E-state index contributed by atoms with van der Waals surface area (Å²) in [6, 6.07) is 6.06. The summed E-state index contributed by atoms with van der Waals surface area (Å²) < 4.78 is 12.7. The zero-order valence-electron chi connectivity index (χ0n) is 12.2. The van der Waals surface area contributed by atoms with Crippen LogP contribution in [0.1, 0.15) is 51.0 Å². The summed E-state index contributed by atoms with van der Waals surface area (Å²) in [6.07, 6.45) is 10.5. The van der Waals surface area contributed by atoms with Gasteiger partial charge in [-0.15, -0.1) is 0 Å². The number of nitrogens with one attached hydrogen (secondary N) is 1. The van der Waals surface area contributed by atoms with Crippen LogP contribution >= 0.6 is 0 Å². The van der Waals surface area contributed by atoms with Gasteiger partial charge in [-0.25, -0.2) is 4.39 Å². The lowest BCUT2D eigenvalue weighted by Crippen LogP contribution is -2.21. The van der Waals surface area contributed by atoms with Crippen LogP contribution in [0.2, 0.25) is 0 Å². The van der Waals surface area contributed by atoms with Gasteiger partial charge < -0.3 is 5.32 Å². The van der Waals surface area contributed by atoms with E-state index in [9.17, 15) is 9.18 Å². The van der Waals surface area contributed by atoms with E-state index in [0.717, 1.165) is 18.5 Å². The van der Waals surface area contributed by atoms with Gasteiger partial charge in [0.25, 0.3) is 0 Å². The average Bonchev–Trinajstić information content (AvgIpc) is 2.46. The Morgan fingerprint density at radius 2 is 1.75 bits per heavy atom. The molecular formula is C17H24FNO. The van der Waals surface area contributed by atoms with Crippen molar-refractivity contribution in [1.29, 1.82) is 0 Å². The second-order valence-electron chi connectivity index (χ2n) is 4.94. The zero-order valence-corrected chi connectivity index (χ0v) is 12.2. The summed E-state index contributed by atoms with van der Waals surface area (Å²) in [5, 5.41) is 2.86. The van der Waals surface area contributed by atoms with Gasteiger partial charge in [-0.2, -0.15) is 0 Å². The molecule has 0 spiro atoms. The van der Waals surface area contributed by atoms with Crippen LogP contribution in [0.15, 0.2) is 30.3 Å². The van der Waals surface area contributed by atoms with Gasteiger partial charge in [-0.05, 0) is 30.2 Å². The van der Waals surface area contributed by atoms with E-state index in [-0.39, 0.29) is 11.7 Å². The molecule has 0 fully saturated rings. The number of carbonyl (C=O) groups excluding carboxylic acids is 1. The molecule has 0 aliphatic heterocycles. The molecule has 0 radical (unpaired) electrons. The molecule has 3 heteroatoms. The second-order valence-corrected chi connectivity index (χ2v) is 4.94. The molecular weight excluding hydrogens is 253 g/mol. The minimum Gasteiger partial charge on any atom is -0.353 e. The minimum atomic E-state index is -0.269. The molecule has 1 rings (SSSR count). The molecule has 110 valence electrons. The summed E-state index contributed by atoms with van der Waals surface area (Å²) in [4.78, 5) is 11.5. The highest BCUT2D eigenvalue weighted by Gasteiger charge is 1.95. The lowest BCUT2D eigenvalue weighted by molar-refractivity contribution is -0.116. The monoisotopic (exact) mass is 277 g/mol. The molecule has 0 saturated carbocycles. The van der Waals surface area contributed by atoms with E-state index >= 15 is 0 Å². The SMILES string of the molecule is CCCCCCCCNC(=O)C=Cc1ccc(F)cc1. The Labute approximate surface area is 121 Å². The van der Waals surface area contributed by atoms with Gasteiger partial charge in [0.05, 0.1) is 0 Å². The van der Waals surface area contributed by atoms with Crippen molar-refractivity contribution in [2.75, 3.05) is 6.54 Å². The number of hydrogen-bond donors (Lipinski definition) is 1. The van der Waals surface area contributed by atoms with Crippen molar-refractivity contribution in [1.82, 2.24) is 5.32 Å². The van der Waals surface area contributed by atoms with Gasteiger partial charge in [-0.3, -0.25) is 4.79 Å². The first-order valence-electron chi connectivity index (χ1n) is 7.44. The molecule has 0 aliphatic rings. The van der Waals surface area contributed by atoms with Gasteiger partial charge in [0.1, 0.15) is 5.82 Å². The van der Waals surface area contributed by atoms with Crippen molar-refractivity contribution in [2.45, 2.75) is 45.4 Å². The summed E-state index contributed by atoms with van der Waals surface area (Å²) in [5.41, 5.74) is 0.820. The molecule has 20 heavy (non-hydrogen) atoms. The highest BCUT2D eigenvalue weighted by Crippen LogP contribution is 2.05. The van der Waals surface area contributed by atoms with Gasteiger partial charge in [0, 0.05) is 12.6 Å². The summed E-state index contributed by atoms with van der Waals surface area (Å²) >= 11 is 0. The molecule has 0 atom stereocenters. The summed E-state index contributed by atoms with van der Waals surface area (Å²) in [6.45, 7) is 2.92. The Hall–Kier alpha value is -1.64. The number of hydrogen-bond acceptors (Lipinski definition) is 1. The largest absolute Gasteiger partial charge is 0.353 e. The summed E-state index contributed by atoms with van der Waals surface area (Å²) in [7, 11) is 0. The number of unbranched alkanes of at least 4 members (excludes halogenated alkanes) is 5. The number of carbonyl (C=O) groups is 1. The summed E-state index contributed by atoms with van der Waals surface area (Å²) in [5.74, 6) is -0.363. The second kappa shape index (κ2) is 10.2. The fourth-order valence-electron chi connectivity index (χ4n) is 1.92. The smallest absolute Gasteiger partial charge is 0.243 e. The molecule has 1 aromatic rings.